The summed E-state index contributed by atoms with van der Waals surface area (Å²) < 4.78 is 43.4. The van der Waals surface area contributed by atoms with Gasteiger partial charge in [-0.15, -0.1) is 0 Å². The summed E-state index contributed by atoms with van der Waals surface area (Å²) in [6.45, 7) is 1.16. The lowest BCUT2D eigenvalue weighted by Crippen LogP contribution is -2.26. The molecule has 3 aromatic rings. The first-order valence-electron chi connectivity index (χ1n) is 10.1. The number of fused-ring (bicyclic) bond motifs is 1. The Morgan fingerprint density at radius 2 is 2.09 bits per heavy atom. The number of rotatable bonds is 10. The molecule has 0 fully saturated rings. The van der Waals surface area contributed by atoms with Crippen molar-refractivity contribution in [3.63, 3.8) is 0 Å². The van der Waals surface area contributed by atoms with Crippen LogP contribution in [0.5, 0.6) is 5.88 Å². The van der Waals surface area contributed by atoms with Crippen molar-refractivity contribution in [1.82, 2.24) is 25.1 Å². The highest BCUT2D eigenvalue weighted by molar-refractivity contribution is 5.86. The monoisotopic (exact) mass is 451 g/mol. The normalized spacial score (nSPS) is 11.7. The van der Waals surface area contributed by atoms with Crippen molar-refractivity contribution in [2.75, 3.05) is 19.8 Å². The zero-order valence-electron chi connectivity index (χ0n) is 17.5. The van der Waals surface area contributed by atoms with Gasteiger partial charge in [0.1, 0.15) is 0 Å². The van der Waals surface area contributed by atoms with E-state index in [0.717, 1.165) is 10.9 Å². The van der Waals surface area contributed by atoms with Crippen LogP contribution < -0.4 is 10.1 Å². The molecule has 0 spiro atoms. The molecule has 3 heterocycles. The summed E-state index contributed by atoms with van der Waals surface area (Å²) in [5, 5.41) is 16.8. The van der Waals surface area contributed by atoms with Crippen LogP contribution in [-0.4, -0.2) is 56.7 Å². The second kappa shape index (κ2) is 10.4. The van der Waals surface area contributed by atoms with Gasteiger partial charge in [-0.2, -0.15) is 18.3 Å². The fraction of sp³-hybridized carbons (Fsp3) is 0.429. The Labute approximate surface area is 182 Å². The molecule has 11 heteroatoms. The van der Waals surface area contributed by atoms with Crippen molar-refractivity contribution in [2.45, 2.75) is 38.9 Å². The van der Waals surface area contributed by atoms with Crippen LogP contribution in [0, 0.1) is 6.92 Å². The molecule has 0 bridgehead atoms. The number of aliphatic hydroxyl groups is 1. The van der Waals surface area contributed by atoms with E-state index in [-0.39, 0.29) is 24.8 Å². The van der Waals surface area contributed by atoms with Crippen molar-refractivity contribution in [1.29, 1.82) is 0 Å². The van der Waals surface area contributed by atoms with Gasteiger partial charge < -0.3 is 15.2 Å². The molecule has 0 saturated heterocycles. The number of ether oxygens (including phenoxy) is 1. The standard InChI is InChI=1S/C21H24F3N5O3/c1-14-8-15(10-27-20(14)32-13-21(22,23)24)11-29-12-16-17(28-29)4-6-25-18(16)9-19(31)26-5-2-3-7-30/h4,6,8,10,12,30H,2-3,5,7,9,11,13H2,1H3,(H,26,31). The van der Waals surface area contributed by atoms with Crippen LogP contribution in [0.3, 0.4) is 0 Å². The molecule has 0 unspecified atom stereocenters. The third-order valence-corrected chi connectivity index (χ3v) is 4.60. The first kappa shape index (κ1) is 23.5. The molecule has 0 aliphatic rings. The number of aryl methyl sites for hydroxylation is 1. The highest BCUT2D eigenvalue weighted by atomic mass is 19.4. The van der Waals surface area contributed by atoms with Crippen LogP contribution in [0.15, 0.2) is 30.7 Å². The van der Waals surface area contributed by atoms with Gasteiger partial charge in [-0.05, 0) is 37.5 Å². The van der Waals surface area contributed by atoms with Crippen molar-refractivity contribution in [2.24, 2.45) is 0 Å². The van der Waals surface area contributed by atoms with E-state index in [1.165, 1.54) is 6.20 Å². The van der Waals surface area contributed by atoms with Crippen LogP contribution in [0.1, 0.15) is 29.7 Å². The molecule has 0 atom stereocenters. The number of nitrogens with one attached hydrogen (secondary N) is 1. The van der Waals surface area contributed by atoms with E-state index >= 15 is 0 Å². The van der Waals surface area contributed by atoms with Crippen molar-refractivity contribution >= 4 is 16.8 Å². The predicted octanol–water partition coefficient (Wildman–Crippen LogP) is 2.56. The number of aromatic nitrogens is 4. The second-order valence-corrected chi connectivity index (χ2v) is 7.34. The van der Waals surface area contributed by atoms with Gasteiger partial charge in [-0.3, -0.25) is 14.5 Å². The van der Waals surface area contributed by atoms with Crippen molar-refractivity contribution in [3.05, 3.63) is 47.5 Å². The fourth-order valence-electron chi connectivity index (χ4n) is 3.15. The quantitative estimate of drug-likeness (QED) is 0.460. The van der Waals surface area contributed by atoms with E-state index in [1.807, 2.05) is 0 Å². The molecule has 172 valence electrons. The van der Waals surface area contributed by atoms with Crippen LogP contribution >= 0.6 is 0 Å². The first-order chi connectivity index (χ1) is 15.2. The molecule has 3 aromatic heterocycles. The van der Waals surface area contributed by atoms with Gasteiger partial charge in [-0.25, -0.2) is 4.98 Å². The van der Waals surface area contributed by atoms with Crippen LogP contribution in [0.4, 0.5) is 13.2 Å². The molecule has 0 aliphatic heterocycles. The van der Waals surface area contributed by atoms with Crippen LogP contribution in [-0.2, 0) is 17.8 Å². The Morgan fingerprint density at radius 1 is 1.28 bits per heavy atom. The average Bonchev–Trinajstić information content (AvgIpc) is 3.13. The highest BCUT2D eigenvalue weighted by Crippen LogP contribution is 2.21. The number of unbranched alkanes of at least 4 members (excludes halogenated alkanes) is 1. The molecule has 0 radical (unpaired) electrons. The number of halogens is 3. The Hall–Kier alpha value is -3.21. The maximum atomic E-state index is 12.3. The molecule has 2 N–H and O–H groups in total. The summed E-state index contributed by atoms with van der Waals surface area (Å²) in [6.07, 6.45) is 1.82. The maximum absolute atomic E-state index is 12.3. The Kier molecular flexibility index (Phi) is 7.62. The molecule has 3 rings (SSSR count). The molecule has 32 heavy (non-hydrogen) atoms. The van der Waals surface area contributed by atoms with E-state index in [0.29, 0.717) is 42.7 Å². The van der Waals surface area contributed by atoms with E-state index in [4.69, 9.17) is 9.84 Å². The number of carbonyl (C=O) groups excluding carboxylic acids is 1. The van der Waals surface area contributed by atoms with E-state index in [1.54, 1.807) is 36.1 Å². The van der Waals surface area contributed by atoms with Gasteiger partial charge in [0.05, 0.1) is 24.2 Å². The third-order valence-electron chi connectivity index (χ3n) is 4.60. The minimum atomic E-state index is -4.43. The van der Waals surface area contributed by atoms with Gasteiger partial charge in [0, 0.05) is 42.7 Å². The summed E-state index contributed by atoms with van der Waals surface area (Å²) in [6, 6.07) is 3.44. The predicted molar refractivity (Wildman–Crippen MR) is 110 cm³/mol. The van der Waals surface area contributed by atoms with Crippen LogP contribution in [0.25, 0.3) is 10.9 Å². The first-order valence-corrected chi connectivity index (χ1v) is 10.1. The van der Waals surface area contributed by atoms with Gasteiger partial charge in [-0.1, -0.05) is 0 Å². The van der Waals surface area contributed by atoms with Gasteiger partial charge in [0.25, 0.3) is 0 Å². The Balaban J connectivity index is 1.68. The number of hydrogen-bond donors (Lipinski definition) is 2. The number of amides is 1. The zero-order chi connectivity index (χ0) is 23.1. The van der Waals surface area contributed by atoms with Crippen molar-refractivity contribution < 1.29 is 27.8 Å². The van der Waals surface area contributed by atoms with E-state index in [9.17, 15) is 18.0 Å². The highest BCUT2D eigenvalue weighted by Gasteiger charge is 2.29. The summed E-state index contributed by atoms with van der Waals surface area (Å²) in [5.41, 5.74) is 2.51. The molecule has 0 saturated carbocycles. The number of aliphatic hydroxyl groups excluding tert-OH is 1. The minimum absolute atomic E-state index is 0.0619. The van der Waals surface area contributed by atoms with Crippen molar-refractivity contribution in [3.8, 4) is 5.88 Å². The molecule has 8 nitrogen and oxygen atoms in total. The number of alkyl halides is 3. The summed E-state index contributed by atoms with van der Waals surface area (Å²) in [4.78, 5) is 20.5. The summed E-state index contributed by atoms with van der Waals surface area (Å²) >= 11 is 0. The third kappa shape index (κ3) is 6.64. The number of nitrogens with zero attached hydrogens (tertiary/aromatic N) is 4. The molecular formula is C21H24F3N5O3. The number of pyridine rings is 2. The second-order valence-electron chi connectivity index (χ2n) is 7.34. The summed E-state index contributed by atoms with van der Waals surface area (Å²) in [5.74, 6) is -0.224. The molecule has 0 aromatic carbocycles. The Bertz CT molecular complexity index is 1070. The Morgan fingerprint density at radius 3 is 2.81 bits per heavy atom. The molecular weight excluding hydrogens is 427 g/mol. The average molecular weight is 451 g/mol. The molecule has 0 aliphatic carbocycles. The smallest absolute Gasteiger partial charge is 0.422 e. The minimum Gasteiger partial charge on any atom is -0.468 e. The lowest BCUT2D eigenvalue weighted by atomic mass is 10.2. The molecule has 1 amide bonds. The largest absolute Gasteiger partial charge is 0.468 e. The lowest BCUT2D eigenvalue weighted by Gasteiger charge is -2.11. The fourth-order valence-corrected chi connectivity index (χ4v) is 3.15. The SMILES string of the molecule is Cc1cc(Cn2cc3c(CC(=O)NCCCCO)nccc3n2)cnc1OCC(F)(F)F. The topological polar surface area (TPSA) is 102 Å². The van der Waals surface area contributed by atoms with Gasteiger partial charge in [0.2, 0.25) is 11.8 Å². The van der Waals surface area contributed by atoms with E-state index in [2.05, 4.69) is 20.4 Å². The van der Waals surface area contributed by atoms with Gasteiger partial charge >= 0.3 is 6.18 Å². The number of hydrogen-bond acceptors (Lipinski definition) is 6. The maximum Gasteiger partial charge on any atom is 0.422 e. The van der Waals surface area contributed by atoms with Gasteiger partial charge in [0.15, 0.2) is 6.61 Å². The zero-order valence-corrected chi connectivity index (χ0v) is 17.5. The summed E-state index contributed by atoms with van der Waals surface area (Å²) in [7, 11) is 0. The van der Waals surface area contributed by atoms with Crippen LogP contribution in [0.2, 0.25) is 0 Å². The number of carbonyl (C=O) groups is 1. The lowest BCUT2D eigenvalue weighted by molar-refractivity contribution is -0.154. The van der Waals surface area contributed by atoms with E-state index < -0.39 is 12.8 Å².